The highest BCUT2D eigenvalue weighted by molar-refractivity contribution is 5.81. The first-order valence-electron chi connectivity index (χ1n) is 10.3. The number of nitrogens with one attached hydrogen (secondary N) is 1. The number of anilines is 1. The molecule has 0 aliphatic carbocycles. The van der Waals surface area contributed by atoms with E-state index in [9.17, 15) is 4.39 Å². The summed E-state index contributed by atoms with van der Waals surface area (Å²) in [6, 6.07) is 14.7. The van der Waals surface area contributed by atoms with Gasteiger partial charge in [0.1, 0.15) is 11.5 Å². The minimum atomic E-state index is -0.311. The first-order valence-corrected chi connectivity index (χ1v) is 10.3. The van der Waals surface area contributed by atoms with Gasteiger partial charge in [-0.3, -0.25) is 15.1 Å². The number of aromatic amines is 1. The van der Waals surface area contributed by atoms with Crippen LogP contribution in [0.2, 0.25) is 0 Å². The molecule has 3 aromatic heterocycles. The molecule has 5 rings (SSSR count). The lowest BCUT2D eigenvalue weighted by Gasteiger charge is -2.28. The number of benzene rings is 1. The highest BCUT2D eigenvalue weighted by Gasteiger charge is 2.16. The largest absolute Gasteiger partial charge is 0.378 e. The van der Waals surface area contributed by atoms with Crippen LogP contribution in [0.5, 0.6) is 0 Å². The lowest BCUT2D eigenvalue weighted by Crippen LogP contribution is -2.36. The van der Waals surface area contributed by atoms with Gasteiger partial charge in [0.15, 0.2) is 0 Å². The fraction of sp³-hybridized carbons (Fsp3) is 0.208. The number of pyridine rings is 2. The maximum absolute atomic E-state index is 14.7. The number of aromatic nitrogens is 4. The van der Waals surface area contributed by atoms with Crippen LogP contribution in [0, 0.1) is 12.7 Å². The van der Waals surface area contributed by atoms with Crippen LogP contribution in [-0.4, -0.2) is 46.5 Å². The van der Waals surface area contributed by atoms with Gasteiger partial charge in [0, 0.05) is 36.1 Å². The van der Waals surface area contributed by atoms with E-state index in [0.717, 1.165) is 47.0 Å². The number of ether oxygens (including phenoxy) is 1. The zero-order valence-corrected chi connectivity index (χ0v) is 17.2. The Labute approximate surface area is 179 Å². The molecule has 1 N–H and O–H groups in total. The lowest BCUT2D eigenvalue weighted by molar-refractivity contribution is 0.122. The predicted octanol–water partition coefficient (Wildman–Crippen LogP) is 4.48. The Bertz CT molecular complexity index is 1200. The van der Waals surface area contributed by atoms with E-state index in [1.165, 1.54) is 6.07 Å². The van der Waals surface area contributed by atoms with Crippen molar-refractivity contribution in [2.75, 3.05) is 31.2 Å². The molecular formula is C24H22FN5O. The molecule has 6 nitrogen and oxygen atoms in total. The maximum atomic E-state index is 14.7. The second kappa shape index (κ2) is 8.28. The summed E-state index contributed by atoms with van der Waals surface area (Å²) in [6.45, 7) is 5.03. The summed E-state index contributed by atoms with van der Waals surface area (Å²) in [4.78, 5) is 11.3. The molecule has 7 heteroatoms. The van der Waals surface area contributed by atoms with Crippen molar-refractivity contribution in [1.82, 2.24) is 20.2 Å². The number of hydrogen-bond acceptors (Lipinski definition) is 5. The third-order valence-electron chi connectivity index (χ3n) is 5.45. The molecule has 31 heavy (non-hydrogen) atoms. The molecule has 0 saturated carbocycles. The fourth-order valence-corrected chi connectivity index (χ4v) is 3.82. The molecule has 0 radical (unpaired) electrons. The van der Waals surface area contributed by atoms with E-state index in [-0.39, 0.29) is 5.82 Å². The van der Waals surface area contributed by atoms with Gasteiger partial charge in [-0.15, -0.1) is 0 Å². The highest BCUT2D eigenvalue weighted by atomic mass is 19.1. The van der Waals surface area contributed by atoms with E-state index in [4.69, 9.17) is 4.74 Å². The summed E-state index contributed by atoms with van der Waals surface area (Å²) < 4.78 is 20.1. The van der Waals surface area contributed by atoms with Gasteiger partial charge in [-0.25, -0.2) is 4.39 Å². The molecule has 0 spiro atoms. The zero-order chi connectivity index (χ0) is 21.2. The van der Waals surface area contributed by atoms with E-state index >= 15 is 0 Å². The van der Waals surface area contributed by atoms with Crippen molar-refractivity contribution < 1.29 is 9.13 Å². The van der Waals surface area contributed by atoms with Crippen LogP contribution in [0.15, 0.2) is 60.9 Å². The van der Waals surface area contributed by atoms with Gasteiger partial charge in [-0.1, -0.05) is 12.1 Å². The predicted molar refractivity (Wildman–Crippen MR) is 118 cm³/mol. The summed E-state index contributed by atoms with van der Waals surface area (Å²) in [5.74, 6) is -0.311. The number of halogens is 1. The summed E-state index contributed by atoms with van der Waals surface area (Å²) in [6.07, 6.45) is 3.61. The average Bonchev–Trinajstić information content (AvgIpc) is 3.30. The molecule has 1 aromatic carbocycles. The van der Waals surface area contributed by atoms with Gasteiger partial charge in [0.25, 0.3) is 0 Å². The van der Waals surface area contributed by atoms with Crippen LogP contribution < -0.4 is 4.90 Å². The summed E-state index contributed by atoms with van der Waals surface area (Å²) in [5, 5.41) is 7.30. The van der Waals surface area contributed by atoms with Gasteiger partial charge in [-0.2, -0.15) is 5.10 Å². The number of morpholine rings is 1. The van der Waals surface area contributed by atoms with Crippen molar-refractivity contribution in [2.45, 2.75) is 6.92 Å². The van der Waals surface area contributed by atoms with Crippen molar-refractivity contribution in [3.05, 3.63) is 72.4 Å². The molecule has 156 valence electrons. The van der Waals surface area contributed by atoms with Gasteiger partial charge in [-0.05, 0) is 48.9 Å². The van der Waals surface area contributed by atoms with Gasteiger partial charge in [0.05, 0.1) is 36.5 Å². The van der Waals surface area contributed by atoms with E-state index in [0.29, 0.717) is 24.5 Å². The molecule has 1 aliphatic heterocycles. The normalized spacial score (nSPS) is 14.1. The Morgan fingerprint density at radius 1 is 1.00 bits per heavy atom. The summed E-state index contributed by atoms with van der Waals surface area (Å²) >= 11 is 0. The van der Waals surface area contributed by atoms with Crippen LogP contribution in [-0.2, 0) is 4.74 Å². The van der Waals surface area contributed by atoms with Crippen molar-refractivity contribution in [1.29, 1.82) is 0 Å². The monoisotopic (exact) mass is 415 g/mol. The number of nitrogens with zero attached hydrogens (tertiary/aromatic N) is 4. The minimum absolute atomic E-state index is 0.311. The van der Waals surface area contributed by atoms with Gasteiger partial charge >= 0.3 is 0 Å². The fourth-order valence-electron chi connectivity index (χ4n) is 3.82. The lowest BCUT2D eigenvalue weighted by atomic mass is 10.00. The van der Waals surface area contributed by atoms with Crippen molar-refractivity contribution in [3.63, 3.8) is 0 Å². The zero-order valence-electron chi connectivity index (χ0n) is 17.2. The van der Waals surface area contributed by atoms with Gasteiger partial charge in [0.2, 0.25) is 0 Å². The molecule has 0 amide bonds. The van der Waals surface area contributed by atoms with Crippen LogP contribution in [0.3, 0.4) is 0 Å². The van der Waals surface area contributed by atoms with Crippen molar-refractivity contribution in [2.24, 2.45) is 0 Å². The average molecular weight is 415 g/mol. The van der Waals surface area contributed by atoms with E-state index < -0.39 is 0 Å². The Balaban J connectivity index is 1.49. The second-order valence-corrected chi connectivity index (χ2v) is 7.51. The molecule has 0 bridgehead atoms. The maximum Gasteiger partial charge on any atom is 0.132 e. The smallest absolute Gasteiger partial charge is 0.132 e. The molecular weight excluding hydrogens is 393 g/mol. The Kier molecular flexibility index (Phi) is 5.18. The molecule has 1 saturated heterocycles. The molecule has 1 fully saturated rings. The Morgan fingerprint density at radius 3 is 2.65 bits per heavy atom. The standard InChI is InChI=1S/C24H22FN5O/c1-16-3-2-4-23(28-16)24-20(15-27-29-24)17-5-7-21(25)19(13-17)22-8-6-18(14-26-22)30-9-11-31-12-10-30/h2-8,13-15H,9-12H2,1H3,(H,27,29). The second-order valence-electron chi connectivity index (χ2n) is 7.51. The number of aryl methyl sites for hydroxylation is 1. The van der Waals surface area contributed by atoms with Crippen LogP contribution in [0.4, 0.5) is 10.1 Å². The molecule has 0 unspecified atom stereocenters. The van der Waals surface area contributed by atoms with E-state index in [2.05, 4.69) is 25.1 Å². The highest BCUT2D eigenvalue weighted by Crippen LogP contribution is 2.33. The number of H-pyrrole nitrogens is 1. The van der Waals surface area contributed by atoms with E-state index in [1.807, 2.05) is 49.5 Å². The van der Waals surface area contributed by atoms with Crippen molar-refractivity contribution in [3.8, 4) is 33.8 Å². The summed E-state index contributed by atoms with van der Waals surface area (Å²) in [5.41, 5.74) is 6.20. The van der Waals surface area contributed by atoms with Gasteiger partial charge < -0.3 is 9.64 Å². The quantitative estimate of drug-likeness (QED) is 0.532. The minimum Gasteiger partial charge on any atom is -0.378 e. The molecule has 0 atom stereocenters. The Hall–Kier alpha value is -3.58. The van der Waals surface area contributed by atoms with Crippen LogP contribution in [0.25, 0.3) is 33.8 Å². The third kappa shape index (κ3) is 3.92. The summed E-state index contributed by atoms with van der Waals surface area (Å²) in [7, 11) is 0. The number of hydrogen-bond donors (Lipinski definition) is 1. The molecule has 1 aliphatic rings. The van der Waals surface area contributed by atoms with Crippen LogP contribution >= 0.6 is 0 Å². The molecule has 4 aromatic rings. The molecule has 4 heterocycles. The van der Waals surface area contributed by atoms with Crippen LogP contribution in [0.1, 0.15) is 5.69 Å². The third-order valence-corrected chi connectivity index (χ3v) is 5.45. The number of rotatable bonds is 4. The topological polar surface area (TPSA) is 66.9 Å². The first-order chi connectivity index (χ1) is 15.2. The Morgan fingerprint density at radius 2 is 1.87 bits per heavy atom. The van der Waals surface area contributed by atoms with E-state index in [1.54, 1.807) is 12.3 Å². The SMILES string of the molecule is Cc1cccc(-c2n[nH]cc2-c2ccc(F)c(-c3ccc(N4CCOCC4)cn3)c2)n1. The van der Waals surface area contributed by atoms with Crippen molar-refractivity contribution >= 4 is 5.69 Å². The first kappa shape index (κ1) is 19.4.